The van der Waals surface area contributed by atoms with Crippen LogP contribution in [0.3, 0.4) is 0 Å². The standard InChI is InChI=1S/C9H20N2O.C7H13NO2.2C2H6/c1-8(12)9(11-3)6-4-5-7-10-2;1-6(10)7(8-2)4-3-5-9;2*1-2/h9-11H,4-7H2,1-3H3;5,7-8H,3-4H2,1-2H3;2*1-2H3. The van der Waals surface area contributed by atoms with Gasteiger partial charge in [-0.25, -0.2) is 0 Å². The molecule has 0 radical (unpaired) electrons. The van der Waals surface area contributed by atoms with Gasteiger partial charge in [0, 0.05) is 6.42 Å². The Balaban J connectivity index is -0.000000157. The van der Waals surface area contributed by atoms with E-state index in [0.29, 0.717) is 12.8 Å². The summed E-state index contributed by atoms with van der Waals surface area (Å²) >= 11 is 0. The van der Waals surface area contributed by atoms with Crippen LogP contribution in [0, 0.1) is 0 Å². The second-order valence-electron chi connectivity index (χ2n) is 5.25. The number of nitrogens with one attached hydrogen (secondary N) is 3. The minimum atomic E-state index is -0.148. The molecule has 0 aliphatic heterocycles. The Kier molecular flexibility index (Phi) is 35.9. The maximum Gasteiger partial charge on any atom is 0.146 e. The van der Waals surface area contributed by atoms with E-state index in [-0.39, 0.29) is 23.7 Å². The molecule has 2 unspecified atom stereocenters. The van der Waals surface area contributed by atoms with E-state index in [1.54, 1.807) is 14.0 Å². The highest BCUT2D eigenvalue weighted by molar-refractivity contribution is 5.81. The van der Waals surface area contributed by atoms with Gasteiger partial charge >= 0.3 is 0 Å². The third-order valence-electron chi connectivity index (χ3n) is 3.42. The number of carbonyl (C=O) groups excluding carboxylic acids is 3. The first-order valence-corrected chi connectivity index (χ1v) is 9.88. The first-order valence-electron chi connectivity index (χ1n) is 9.88. The zero-order valence-electron chi connectivity index (χ0n) is 18.7. The second-order valence-corrected chi connectivity index (χ2v) is 5.25. The molecule has 0 fully saturated rings. The van der Waals surface area contributed by atoms with Crippen LogP contribution in [0.4, 0.5) is 0 Å². The van der Waals surface area contributed by atoms with Gasteiger partial charge in [-0.3, -0.25) is 9.59 Å². The van der Waals surface area contributed by atoms with Crippen molar-refractivity contribution in [3.63, 3.8) is 0 Å². The van der Waals surface area contributed by atoms with Crippen LogP contribution in [0.2, 0.25) is 0 Å². The third kappa shape index (κ3) is 25.1. The van der Waals surface area contributed by atoms with Crippen molar-refractivity contribution in [3.05, 3.63) is 0 Å². The fourth-order valence-corrected chi connectivity index (χ4v) is 1.99. The first-order chi connectivity index (χ1) is 12.4. The normalized spacial score (nSPS) is 11.3. The fourth-order valence-electron chi connectivity index (χ4n) is 1.99. The van der Waals surface area contributed by atoms with Gasteiger partial charge in [-0.15, -0.1) is 0 Å². The number of carbonyl (C=O) groups is 3. The molecule has 0 rings (SSSR count). The Hall–Kier alpha value is -1.11. The highest BCUT2D eigenvalue weighted by atomic mass is 16.1. The quantitative estimate of drug-likeness (QED) is 0.359. The van der Waals surface area contributed by atoms with Gasteiger partial charge in [0.1, 0.15) is 17.9 Å². The highest BCUT2D eigenvalue weighted by Gasteiger charge is 2.10. The van der Waals surface area contributed by atoms with Crippen LogP contribution in [0.5, 0.6) is 0 Å². The van der Waals surface area contributed by atoms with Crippen LogP contribution >= 0.6 is 0 Å². The number of rotatable bonds is 12. The lowest BCUT2D eigenvalue weighted by atomic mass is 10.1. The maximum absolute atomic E-state index is 11.0. The van der Waals surface area contributed by atoms with Crippen molar-refractivity contribution >= 4 is 17.9 Å². The zero-order chi connectivity index (χ0) is 21.4. The molecule has 0 bridgehead atoms. The molecule has 2 atom stereocenters. The number of unbranched alkanes of at least 4 members (excludes halogenated alkanes) is 1. The van der Waals surface area contributed by atoms with Gasteiger partial charge in [0.25, 0.3) is 0 Å². The van der Waals surface area contributed by atoms with Gasteiger partial charge < -0.3 is 20.7 Å². The summed E-state index contributed by atoms with van der Waals surface area (Å²) in [5.74, 6) is 0.325. The lowest BCUT2D eigenvalue weighted by molar-refractivity contribution is -0.120. The smallest absolute Gasteiger partial charge is 0.146 e. The molecular weight excluding hydrogens is 330 g/mol. The summed E-state index contributed by atoms with van der Waals surface area (Å²) in [6.07, 6.45) is 5.08. The van der Waals surface area contributed by atoms with Gasteiger partial charge in [0.05, 0.1) is 12.1 Å². The summed E-state index contributed by atoms with van der Waals surface area (Å²) in [6.45, 7) is 12.2. The van der Waals surface area contributed by atoms with Crippen LogP contribution in [-0.4, -0.2) is 57.6 Å². The van der Waals surface area contributed by atoms with Gasteiger partial charge in [-0.2, -0.15) is 0 Å². The van der Waals surface area contributed by atoms with E-state index in [1.165, 1.54) is 6.92 Å². The SMILES string of the molecule is CC.CC.CNC(CCC=O)C(C)=O.CNCCCCC(NC)C(C)=O. The molecule has 158 valence electrons. The molecule has 26 heavy (non-hydrogen) atoms. The average molecular weight is 376 g/mol. The Labute approximate surface area is 162 Å². The van der Waals surface area contributed by atoms with Crippen molar-refractivity contribution in [2.75, 3.05) is 27.7 Å². The summed E-state index contributed by atoms with van der Waals surface area (Å²) in [6, 6.07) is -0.0907. The topological polar surface area (TPSA) is 87.3 Å². The molecule has 0 saturated carbocycles. The summed E-state index contributed by atoms with van der Waals surface area (Å²) in [5, 5.41) is 8.92. The molecule has 0 aromatic rings. The predicted molar refractivity (Wildman–Crippen MR) is 113 cm³/mol. The van der Waals surface area contributed by atoms with E-state index in [9.17, 15) is 14.4 Å². The van der Waals surface area contributed by atoms with E-state index in [0.717, 1.165) is 32.1 Å². The van der Waals surface area contributed by atoms with Crippen molar-refractivity contribution in [3.8, 4) is 0 Å². The molecule has 0 heterocycles. The fraction of sp³-hybridized carbons (Fsp3) is 0.850. The minimum Gasteiger partial charge on any atom is -0.320 e. The summed E-state index contributed by atoms with van der Waals surface area (Å²) in [7, 11) is 5.50. The molecule has 0 aliphatic carbocycles. The molecule has 6 nitrogen and oxygen atoms in total. The Morgan fingerprint density at radius 2 is 1.23 bits per heavy atom. The van der Waals surface area contributed by atoms with Crippen molar-refractivity contribution in [2.24, 2.45) is 0 Å². The van der Waals surface area contributed by atoms with Crippen molar-refractivity contribution in [2.45, 2.75) is 85.7 Å². The summed E-state index contributed by atoms with van der Waals surface area (Å²) in [5.41, 5.74) is 0. The Bertz CT molecular complexity index is 311. The molecular formula is C20H45N3O3. The van der Waals surface area contributed by atoms with Crippen molar-refractivity contribution in [1.82, 2.24) is 16.0 Å². The highest BCUT2D eigenvalue weighted by Crippen LogP contribution is 2.00. The van der Waals surface area contributed by atoms with Crippen LogP contribution < -0.4 is 16.0 Å². The predicted octanol–water partition coefficient (Wildman–Crippen LogP) is 2.75. The van der Waals surface area contributed by atoms with Crippen LogP contribution in [-0.2, 0) is 14.4 Å². The molecule has 0 aromatic heterocycles. The van der Waals surface area contributed by atoms with Crippen LogP contribution in [0.25, 0.3) is 0 Å². The molecule has 3 N–H and O–H groups in total. The maximum atomic E-state index is 11.0. The van der Waals surface area contributed by atoms with Crippen molar-refractivity contribution < 1.29 is 14.4 Å². The van der Waals surface area contributed by atoms with Gasteiger partial charge in [0.15, 0.2) is 0 Å². The number of hydrogen-bond donors (Lipinski definition) is 3. The van der Waals surface area contributed by atoms with Gasteiger partial charge in [0.2, 0.25) is 0 Å². The molecule has 0 amide bonds. The van der Waals surface area contributed by atoms with E-state index in [4.69, 9.17) is 0 Å². The Morgan fingerprint density at radius 3 is 1.54 bits per heavy atom. The summed E-state index contributed by atoms with van der Waals surface area (Å²) < 4.78 is 0. The van der Waals surface area contributed by atoms with Gasteiger partial charge in [-0.05, 0) is 60.8 Å². The monoisotopic (exact) mass is 375 g/mol. The molecule has 0 aromatic carbocycles. The molecule has 0 aliphatic rings. The zero-order valence-corrected chi connectivity index (χ0v) is 18.7. The number of Topliss-reactive ketones (excluding diaryl/α,β-unsaturated/α-hetero) is 2. The molecule has 6 heteroatoms. The lowest BCUT2D eigenvalue weighted by Crippen LogP contribution is -2.32. The number of ketones is 2. The minimum absolute atomic E-state index is 0.0573. The first kappa shape index (κ1) is 32.6. The molecule has 0 spiro atoms. The lowest BCUT2D eigenvalue weighted by Gasteiger charge is -2.11. The largest absolute Gasteiger partial charge is 0.320 e. The van der Waals surface area contributed by atoms with Crippen molar-refractivity contribution in [1.29, 1.82) is 0 Å². The number of hydrogen-bond acceptors (Lipinski definition) is 6. The van der Waals surface area contributed by atoms with E-state index in [1.807, 2.05) is 41.8 Å². The van der Waals surface area contributed by atoms with E-state index < -0.39 is 0 Å². The second kappa shape index (κ2) is 28.7. The molecule has 0 saturated heterocycles. The number of likely N-dealkylation sites (N-methyl/N-ethyl adjacent to an activating group) is 2. The van der Waals surface area contributed by atoms with Gasteiger partial charge in [-0.1, -0.05) is 34.1 Å². The average Bonchev–Trinajstić information content (AvgIpc) is 2.65. The van der Waals surface area contributed by atoms with E-state index >= 15 is 0 Å². The Morgan fingerprint density at radius 1 is 0.808 bits per heavy atom. The van der Waals surface area contributed by atoms with Crippen LogP contribution in [0.1, 0.15) is 73.6 Å². The van der Waals surface area contributed by atoms with Crippen LogP contribution in [0.15, 0.2) is 0 Å². The van der Waals surface area contributed by atoms with E-state index in [2.05, 4.69) is 16.0 Å². The third-order valence-corrected chi connectivity index (χ3v) is 3.42. The summed E-state index contributed by atoms with van der Waals surface area (Å²) in [4.78, 5) is 31.6. The number of aldehydes is 1.